The second-order valence-corrected chi connectivity index (χ2v) is 5.38. The van der Waals surface area contributed by atoms with Gasteiger partial charge in [0.15, 0.2) is 6.61 Å². The summed E-state index contributed by atoms with van der Waals surface area (Å²) in [5.41, 5.74) is 7.77. The Morgan fingerprint density at radius 3 is 2.12 bits per heavy atom. The molecule has 0 aliphatic carbocycles. The smallest absolute Gasteiger partial charge is 0.276 e. The summed E-state index contributed by atoms with van der Waals surface area (Å²) in [4.78, 5) is 23.3. The zero-order valence-corrected chi connectivity index (χ0v) is 13.7. The van der Waals surface area contributed by atoms with Gasteiger partial charge in [-0.2, -0.15) is 0 Å². The van der Waals surface area contributed by atoms with Crippen LogP contribution in [0.15, 0.2) is 54.6 Å². The molecule has 2 amide bonds. The van der Waals surface area contributed by atoms with Crippen molar-refractivity contribution in [2.24, 2.45) is 0 Å². The third-order valence-electron chi connectivity index (χ3n) is 3.22. The predicted octanol–water partition coefficient (Wildman–Crippen LogP) is 2.54. The van der Waals surface area contributed by atoms with Gasteiger partial charge in [-0.3, -0.25) is 20.4 Å². The second kappa shape index (κ2) is 8.53. The SMILES string of the molecule is Cc1ccc(/C=C/C(=O)NNC(=O)COc2ccc(C)cc2)cc1. The van der Waals surface area contributed by atoms with Gasteiger partial charge in [-0.25, -0.2) is 0 Å². The number of amides is 2. The molecule has 0 aromatic heterocycles. The summed E-state index contributed by atoms with van der Waals surface area (Å²) in [6, 6.07) is 15.1. The molecule has 0 fully saturated rings. The quantitative estimate of drug-likeness (QED) is 0.656. The van der Waals surface area contributed by atoms with Gasteiger partial charge in [0.1, 0.15) is 5.75 Å². The number of nitrogens with one attached hydrogen (secondary N) is 2. The molecule has 0 atom stereocenters. The van der Waals surface area contributed by atoms with Crippen LogP contribution >= 0.6 is 0 Å². The van der Waals surface area contributed by atoms with Crippen molar-refractivity contribution in [2.75, 3.05) is 6.61 Å². The van der Waals surface area contributed by atoms with Crippen LogP contribution in [0.5, 0.6) is 5.75 Å². The van der Waals surface area contributed by atoms with E-state index in [9.17, 15) is 9.59 Å². The van der Waals surface area contributed by atoms with Crippen molar-refractivity contribution < 1.29 is 14.3 Å². The Bertz CT molecular complexity index is 719. The Hall–Kier alpha value is -3.08. The molecule has 0 heterocycles. The van der Waals surface area contributed by atoms with Crippen LogP contribution in [0.25, 0.3) is 6.08 Å². The van der Waals surface area contributed by atoms with E-state index in [4.69, 9.17) is 4.74 Å². The molecule has 0 saturated heterocycles. The summed E-state index contributed by atoms with van der Waals surface area (Å²) in [5.74, 6) is -0.256. The molecule has 0 saturated carbocycles. The van der Waals surface area contributed by atoms with Crippen LogP contribution in [0.3, 0.4) is 0 Å². The van der Waals surface area contributed by atoms with Crippen molar-refractivity contribution in [3.8, 4) is 5.75 Å². The number of benzene rings is 2. The van der Waals surface area contributed by atoms with Crippen molar-refractivity contribution in [2.45, 2.75) is 13.8 Å². The van der Waals surface area contributed by atoms with Gasteiger partial charge in [-0.05, 0) is 37.6 Å². The first-order valence-electron chi connectivity index (χ1n) is 7.56. The topological polar surface area (TPSA) is 67.4 Å². The third kappa shape index (κ3) is 5.96. The minimum atomic E-state index is -0.437. The Labute approximate surface area is 141 Å². The van der Waals surface area contributed by atoms with E-state index >= 15 is 0 Å². The minimum Gasteiger partial charge on any atom is -0.484 e. The zero-order chi connectivity index (χ0) is 17.4. The Morgan fingerprint density at radius 2 is 1.50 bits per heavy atom. The molecule has 0 spiro atoms. The summed E-state index contributed by atoms with van der Waals surface area (Å²) in [5, 5.41) is 0. The van der Waals surface area contributed by atoms with Crippen LogP contribution in [0.1, 0.15) is 16.7 Å². The fourth-order valence-electron chi connectivity index (χ4n) is 1.84. The van der Waals surface area contributed by atoms with E-state index in [2.05, 4.69) is 10.9 Å². The van der Waals surface area contributed by atoms with E-state index in [1.807, 2.05) is 50.2 Å². The van der Waals surface area contributed by atoms with Gasteiger partial charge in [-0.1, -0.05) is 47.5 Å². The van der Waals surface area contributed by atoms with Gasteiger partial charge >= 0.3 is 0 Å². The molecule has 2 aromatic rings. The van der Waals surface area contributed by atoms with Crippen LogP contribution in [0.2, 0.25) is 0 Å². The van der Waals surface area contributed by atoms with E-state index in [1.54, 1.807) is 18.2 Å². The van der Waals surface area contributed by atoms with Crippen molar-refractivity contribution >= 4 is 17.9 Å². The molecular weight excluding hydrogens is 304 g/mol. The Kier molecular flexibility index (Phi) is 6.14. The lowest BCUT2D eigenvalue weighted by Crippen LogP contribution is -2.43. The normalized spacial score (nSPS) is 10.4. The molecule has 0 aliphatic heterocycles. The second-order valence-electron chi connectivity index (χ2n) is 5.38. The number of hydrazine groups is 1. The number of aryl methyl sites for hydroxylation is 2. The van der Waals surface area contributed by atoms with Crippen LogP contribution in [-0.4, -0.2) is 18.4 Å². The molecule has 2 aromatic carbocycles. The maximum absolute atomic E-state index is 11.6. The lowest BCUT2D eigenvalue weighted by Gasteiger charge is -2.07. The van der Waals surface area contributed by atoms with Crippen LogP contribution < -0.4 is 15.6 Å². The summed E-state index contributed by atoms with van der Waals surface area (Å²) in [6.45, 7) is 3.79. The number of carbonyl (C=O) groups is 2. The number of ether oxygens (including phenoxy) is 1. The molecule has 124 valence electrons. The van der Waals surface area contributed by atoms with Crippen LogP contribution in [0.4, 0.5) is 0 Å². The largest absolute Gasteiger partial charge is 0.484 e. The molecule has 5 heteroatoms. The first-order chi connectivity index (χ1) is 11.5. The average Bonchev–Trinajstić information content (AvgIpc) is 2.59. The number of rotatable bonds is 5. The minimum absolute atomic E-state index is 0.176. The van der Waals surface area contributed by atoms with E-state index in [1.165, 1.54) is 6.08 Å². The molecule has 24 heavy (non-hydrogen) atoms. The molecule has 2 rings (SSSR count). The van der Waals surface area contributed by atoms with E-state index < -0.39 is 11.8 Å². The van der Waals surface area contributed by atoms with Crippen molar-refractivity contribution in [1.29, 1.82) is 0 Å². The fraction of sp³-hybridized carbons (Fsp3) is 0.158. The summed E-state index contributed by atoms with van der Waals surface area (Å²) < 4.78 is 5.31. The average molecular weight is 324 g/mol. The Morgan fingerprint density at radius 1 is 0.917 bits per heavy atom. The van der Waals surface area contributed by atoms with Gasteiger partial charge in [-0.15, -0.1) is 0 Å². The molecule has 0 unspecified atom stereocenters. The number of hydrogen-bond acceptors (Lipinski definition) is 3. The maximum atomic E-state index is 11.6. The van der Waals surface area contributed by atoms with E-state index in [0.29, 0.717) is 5.75 Å². The van der Waals surface area contributed by atoms with Crippen molar-refractivity contribution in [3.63, 3.8) is 0 Å². The maximum Gasteiger partial charge on any atom is 0.276 e. The van der Waals surface area contributed by atoms with Gasteiger partial charge in [0, 0.05) is 6.08 Å². The van der Waals surface area contributed by atoms with Crippen LogP contribution in [0, 0.1) is 13.8 Å². The lowest BCUT2D eigenvalue weighted by atomic mass is 10.1. The summed E-state index contributed by atoms with van der Waals surface area (Å²) in [6.07, 6.45) is 3.02. The van der Waals surface area contributed by atoms with Crippen molar-refractivity contribution in [1.82, 2.24) is 10.9 Å². The highest BCUT2D eigenvalue weighted by molar-refractivity contribution is 5.93. The molecular formula is C19H20N2O3. The molecule has 0 bridgehead atoms. The molecule has 2 N–H and O–H groups in total. The Balaban J connectivity index is 1.71. The first-order valence-corrected chi connectivity index (χ1v) is 7.56. The lowest BCUT2D eigenvalue weighted by molar-refractivity contribution is -0.128. The first kappa shape index (κ1) is 17.3. The van der Waals surface area contributed by atoms with Gasteiger partial charge in [0.25, 0.3) is 11.8 Å². The highest BCUT2D eigenvalue weighted by atomic mass is 16.5. The number of hydrogen-bond donors (Lipinski definition) is 2. The van der Waals surface area contributed by atoms with Crippen molar-refractivity contribution in [3.05, 3.63) is 71.3 Å². The predicted molar refractivity (Wildman–Crippen MR) is 93.2 cm³/mol. The summed E-state index contributed by atoms with van der Waals surface area (Å²) in [7, 11) is 0. The van der Waals surface area contributed by atoms with Gasteiger partial charge in [0.05, 0.1) is 0 Å². The highest BCUT2D eigenvalue weighted by Crippen LogP contribution is 2.10. The standard InChI is InChI=1S/C19H20N2O3/c1-14-3-7-16(8-4-14)9-12-18(22)20-21-19(23)13-24-17-10-5-15(2)6-11-17/h3-12H,13H2,1-2H3,(H,20,22)(H,21,23)/b12-9+. The molecule has 0 radical (unpaired) electrons. The van der Waals surface area contributed by atoms with E-state index in [0.717, 1.165) is 16.7 Å². The summed E-state index contributed by atoms with van der Waals surface area (Å²) >= 11 is 0. The molecule has 0 aliphatic rings. The number of carbonyl (C=O) groups excluding carboxylic acids is 2. The monoisotopic (exact) mass is 324 g/mol. The fourth-order valence-corrected chi connectivity index (χ4v) is 1.84. The van der Waals surface area contributed by atoms with Gasteiger partial charge < -0.3 is 4.74 Å². The molecule has 5 nitrogen and oxygen atoms in total. The van der Waals surface area contributed by atoms with Crippen LogP contribution in [-0.2, 0) is 9.59 Å². The van der Waals surface area contributed by atoms with E-state index in [-0.39, 0.29) is 6.61 Å². The highest BCUT2D eigenvalue weighted by Gasteiger charge is 2.03. The van der Waals surface area contributed by atoms with Gasteiger partial charge in [0.2, 0.25) is 0 Å². The zero-order valence-electron chi connectivity index (χ0n) is 13.7. The third-order valence-corrected chi connectivity index (χ3v) is 3.22.